The van der Waals surface area contributed by atoms with Crippen LogP contribution in [0.15, 0.2) is 40.9 Å². The summed E-state index contributed by atoms with van der Waals surface area (Å²) in [5.74, 6) is 0. The highest BCUT2D eigenvalue weighted by Crippen LogP contribution is 2.31. The largest absolute Gasteiger partial charge is 0.368 e. The predicted molar refractivity (Wildman–Crippen MR) is 76.7 cm³/mol. The van der Waals surface area contributed by atoms with Gasteiger partial charge in [-0.05, 0) is 17.5 Å². The molecule has 0 aliphatic carbocycles. The van der Waals surface area contributed by atoms with Crippen LogP contribution in [0.1, 0.15) is 0 Å². The molecule has 0 spiro atoms. The molecule has 2 aromatic rings. The molecule has 88 valence electrons. The molecular formula is C14H15BrN2. The highest BCUT2D eigenvalue weighted by Gasteiger charge is 2.13. The molecule has 0 saturated carbocycles. The third kappa shape index (κ3) is 2.05. The van der Waals surface area contributed by atoms with Gasteiger partial charge >= 0.3 is 0 Å². The Kier molecular flexibility index (Phi) is 3.04. The summed E-state index contributed by atoms with van der Waals surface area (Å²) in [5.41, 5.74) is 1.35. The SMILES string of the molecule is Brc1cccc2c(N3CCNCC3)cccc12. The molecule has 1 fully saturated rings. The van der Waals surface area contributed by atoms with E-state index in [-0.39, 0.29) is 0 Å². The second-order valence-electron chi connectivity index (χ2n) is 4.35. The van der Waals surface area contributed by atoms with E-state index in [0.717, 1.165) is 26.2 Å². The number of hydrogen-bond donors (Lipinski definition) is 1. The number of nitrogens with one attached hydrogen (secondary N) is 1. The Morgan fingerprint density at radius 3 is 2.47 bits per heavy atom. The molecule has 2 nitrogen and oxygen atoms in total. The summed E-state index contributed by atoms with van der Waals surface area (Å²) >= 11 is 3.62. The maximum atomic E-state index is 3.62. The topological polar surface area (TPSA) is 15.3 Å². The lowest BCUT2D eigenvalue weighted by Crippen LogP contribution is -2.43. The monoisotopic (exact) mass is 290 g/mol. The zero-order chi connectivity index (χ0) is 11.7. The third-order valence-corrected chi connectivity index (χ3v) is 4.00. The van der Waals surface area contributed by atoms with Crippen LogP contribution < -0.4 is 10.2 Å². The van der Waals surface area contributed by atoms with Gasteiger partial charge in [0.15, 0.2) is 0 Å². The Balaban J connectivity index is 2.12. The number of anilines is 1. The first kappa shape index (κ1) is 11.1. The molecule has 2 aromatic carbocycles. The Bertz CT molecular complexity index is 533. The molecule has 0 bridgehead atoms. The van der Waals surface area contributed by atoms with E-state index in [1.54, 1.807) is 0 Å². The number of benzene rings is 2. The molecule has 3 rings (SSSR count). The zero-order valence-electron chi connectivity index (χ0n) is 9.62. The van der Waals surface area contributed by atoms with Crippen LogP contribution in [0.2, 0.25) is 0 Å². The lowest BCUT2D eigenvalue weighted by atomic mass is 10.1. The smallest absolute Gasteiger partial charge is 0.0447 e. The summed E-state index contributed by atoms with van der Waals surface area (Å²) < 4.78 is 1.17. The number of rotatable bonds is 1. The van der Waals surface area contributed by atoms with E-state index in [9.17, 15) is 0 Å². The average molecular weight is 291 g/mol. The number of piperazine rings is 1. The lowest BCUT2D eigenvalue weighted by Gasteiger charge is -2.30. The quantitative estimate of drug-likeness (QED) is 0.869. The van der Waals surface area contributed by atoms with Crippen molar-refractivity contribution in [2.24, 2.45) is 0 Å². The van der Waals surface area contributed by atoms with E-state index in [2.05, 4.69) is 62.5 Å². The number of hydrogen-bond acceptors (Lipinski definition) is 2. The van der Waals surface area contributed by atoms with Gasteiger partial charge in [0.25, 0.3) is 0 Å². The van der Waals surface area contributed by atoms with Crippen molar-refractivity contribution in [2.45, 2.75) is 0 Å². The van der Waals surface area contributed by atoms with Gasteiger partial charge in [-0.2, -0.15) is 0 Å². The third-order valence-electron chi connectivity index (χ3n) is 3.30. The number of nitrogens with zero attached hydrogens (tertiary/aromatic N) is 1. The van der Waals surface area contributed by atoms with Crippen LogP contribution in [0.5, 0.6) is 0 Å². The standard InChI is InChI=1S/C14H15BrN2/c15-13-5-1-4-12-11(13)3-2-6-14(12)17-9-7-16-8-10-17/h1-6,16H,7-10H2. The van der Waals surface area contributed by atoms with Crippen molar-refractivity contribution in [2.75, 3.05) is 31.1 Å². The minimum Gasteiger partial charge on any atom is -0.368 e. The van der Waals surface area contributed by atoms with Gasteiger partial charge in [0.2, 0.25) is 0 Å². The van der Waals surface area contributed by atoms with Crippen molar-refractivity contribution >= 4 is 32.4 Å². The van der Waals surface area contributed by atoms with Crippen LogP contribution in [0.4, 0.5) is 5.69 Å². The lowest BCUT2D eigenvalue weighted by molar-refractivity contribution is 0.590. The summed E-state index contributed by atoms with van der Waals surface area (Å²) in [5, 5.41) is 6.02. The highest BCUT2D eigenvalue weighted by atomic mass is 79.9. The molecule has 1 saturated heterocycles. The molecule has 1 N–H and O–H groups in total. The maximum Gasteiger partial charge on any atom is 0.0447 e. The Labute approximate surface area is 110 Å². The van der Waals surface area contributed by atoms with E-state index in [0.29, 0.717) is 0 Å². The normalized spacial score (nSPS) is 16.4. The van der Waals surface area contributed by atoms with Crippen LogP contribution in [-0.4, -0.2) is 26.2 Å². The van der Waals surface area contributed by atoms with Crippen molar-refractivity contribution in [1.82, 2.24) is 5.32 Å². The van der Waals surface area contributed by atoms with Crippen LogP contribution >= 0.6 is 15.9 Å². The predicted octanol–water partition coefficient (Wildman–Crippen LogP) is 3.01. The van der Waals surface area contributed by atoms with Gasteiger partial charge in [0.1, 0.15) is 0 Å². The van der Waals surface area contributed by atoms with Crippen molar-refractivity contribution < 1.29 is 0 Å². The molecule has 0 radical (unpaired) electrons. The maximum absolute atomic E-state index is 3.62. The molecule has 0 aromatic heterocycles. The minimum absolute atomic E-state index is 1.07. The molecule has 1 aliphatic heterocycles. The summed E-state index contributed by atoms with van der Waals surface area (Å²) in [4.78, 5) is 2.46. The van der Waals surface area contributed by atoms with Crippen molar-refractivity contribution in [3.63, 3.8) is 0 Å². The first-order valence-corrected chi connectivity index (χ1v) is 6.78. The molecule has 17 heavy (non-hydrogen) atoms. The van der Waals surface area contributed by atoms with Gasteiger partial charge in [-0.15, -0.1) is 0 Å². The minimum atomic E-state index is 1.07. The van der Waals surface area contributed by atoms with Gasteiger partial charge in [-0.1, -0.05) is 40.2 Å². The molecule has 1 aliphatic rings. The molecule has 3 heteroatoms. The second kappa shape index (κ2) is 4.67. The number of halogens is 1. The van der Waals surface area contributed by atoms with E-state index in [1.165, 1.54) is 20.9 Å². The van der Waals surface area contributed by atoms with Gasteiger partial charge in [-0.25, -0.2) is 0 Å². The number of fused-ring (bicyclic) bond motifs is 1. The first-order chi connectivity index (χ1) is 8.36. The van der Waals surface area contributed by atoms with Crippen LogP contribution in [0.25, 0.3) is 10.8 Å². The fourth-order valence-electron chi connectivity index (χ4n) is 2.44. The fraction of sp³-hybridized carbons (Fsp3) is 0.286. The highest BCUT2D eigenvalue weighted by molar-refractivity contribution is 9.10. The van der Waals surface area contributed by atoms with Gasteiger partial charge in [0, 0.05) is 41.7 Å². The zero-order valence-corrected chi connectivity index (χ0v) is 11.2. The Morgan fingerprint density at radius 2 is 1.65 bits per heavy atom. The Hall–Kier alpha value is -1.06. The fourth-order valence-corrected chi connectivity index (χ4v) is 2.93. The second-order valence-corrected chi connectivity index (χ2v) is 5.20. The average Bonchev–Trinajstić information content (AvgIpc) is 2.40. The van der Waals surface area contributed by atoms with Crippen molar-refractivity contribution in [3.05, 3.63) is 40.9 Å². The van der Waals surface area contributed by atoms with Gasteiger partial charge in [-0.3, -0.25) is 0 Å². The molecular weight excluding hydrogens is 276 g/mol. The van der Waals surface area contributed by atoms with Crippen molar-refractivity contribution in [3.8, 4) is 0 Å². The van der Waals surface area contributed by atoms with Gasteiger partial charge in [0.05, 0.1) is 0 Å². The van der Waals surface area contributed by atoms with Crippen LogP contribution in [0, 0.1) is 0 Å². The molecule has 1 heterocycles. The summed E-state index contributed by atoms with van der Waals surface area (Å²) in [6.45, 7) is 4.33. The van der Waals surface area contributed by atoms with E-state index < -0.39 is 0 Å². The first-order valence-electron chi connectivity index (χ1n) is 5.99. The van der Waals surface area contributed by atoms with E-state index >= 15 is 0 Å². The molecule has 0 unspecified atom stereocenters. The van der Waals surface area contributed by atoms with E-state index in [4.69, 9.17) is 0 Å². The molecule has 0 amide bonds. The Morgan fingerprint density at radius 1 is 0.941 bits per heavy atom. The van der Waals surface area contributed by atoms with Crippen LogP contribution in [0.3, 0.4) is 0 Å². The van der Waals surface area contributed by atoms with E-state index in [1.807, 2.05) is 0 Å². The summed E-state index contributed by atoms with van der Waals surface area (Å²) in [6, 6.07) is 13.0. The summed E-state index contributed by atoms with van der Waals surface area (Å²) in [7, 11) is 0. The summed E-state index contributed by atoms with van der Waals surface area (Å²) in [6.07, 6.45) is 0. The van der Waals surface area contributed by atoms with Gasteiger partial charge < -0.3 is 10.2 Å². The van der Waals surface area contributed by atoms with Crippen LogP contribution in [-0.2, 0) is 0 Å². The van der Waals surface area contributed by atoms with Crippen molar-refractivity contribution in [1.29, 1.82) is 0 Å². The molecule has 0 atom stereocenters.